The Hall–Kier alpha value is -2.11. The van der Waals surface area contributed by atoms with Gasteiger partial charge >= 0.3 is 0 Å². The number of amides is 1. The summed E-state index contributed by atoms with van der Waals surface area (Å²) < 4.78 is 5.43. The number of piperidine rings is 1. The second-order valence-electron chi connectivity index (χ2n) is 6.97. The lowest BCUT2D eigenvalue weighted by molar-refractivity contribution is 0.0563. The molecule has 1 saturated heterocycles. The number of H-pyrrole nitrogens is 1. The van der Waals surface area contributed by atoms with Crippen molar-refractivity contribution in [3.8, 4) is 0 Å². The van der Waals surface area contributed by atoms with Crippen LogP contribution in [0.2, 0.25) is 0 Å². The van der Waals surface area contributed by atoms with E-state index in [1.165, 1.54) is 19.3 Å². The first-order valence-corrected chi connectivity index (χ1v) is 9.10. The lowest BCUT2D eigenvalue weighted by atomic mass is 9.87. The van der Waals surface area contributed by atoms with Crippen LogP contribution in [0.1, 0.15) is 85.3 Å². The Kier molecular flexibility index (Phi) is 4.36. The summed E-state index contributed by atoms with van der Waals surface area (Å²) in [5, 5.41) is 11.2. The fourth-order valence-corrected chi connectivity index (χ4v) is 4.07. The van der Waals surface area contributed by atoms with E-state index in [0.29, 0.717) is 11.7 Å². The number of carbonyl (C=O) groups excluding carboxylic acids is 1. The van der Waals surface area contributed by atoms with Gasteiger partial charge in [-0.25, -0.2) is 0 Å². The first-order chi connectivity index (χ1) is 11.8. The number of nitrogens with zero attached hydrogens (tertiary/aromatic N) is 3. The number of rotatable bonds is 3. The Morgan fingerprint density at radius 1 is 1.17 bits per heavy atom. The van der Waals surface area contributed by atoms with E-state index in [1.807, 2.05) is 17.0 Å². The molecule has 1 aliphatic heterocycles. The van der Waals surface area contributed by atoms with Crippen molar-refractivity contribution in [2.75, 3.05) is 6.54 Å². The molecule has 0 bridgehead atoms. The van der Waals surface area contributed by atoms with E-state index in [9.17, 15) is 4.79 Å². The van der Waals surface area contributed by atoms with Gasteiger partial charge in [-0.15, -0.1) is 0 Å². The fraction of sp³-hybridized carbons (Fsp3) is 0.611. The molecule has 1 N–H and O–H groups in total. The number of hydrogen-bond acceptors (Lipinski definition) is 4. The van der Waals surface area contributed by atoms with E-state index in [-0.39, 0.29) is 11.9 Å². The van der Waals surface area contributed by atoms with E-state index >= 15 is 0 Å². The summed E-state index contributed by atoms with van der Waals surface area (Å²) in [6, 6.07) is 3.87. The first-order valence-electron chi connectivity index (χ1n) is 9.10. The molecule has 1 amide bonds. The molecule has 0 spiro atoms. The molecule has 2 fully saturated rings. The van der Waals surface area contributed by atoms with Gasteiger partial charge in [0.25, 0.3) is 5.91 Å². The second-order valence-corrected chi connectivity index (χ2v) is 6.97. The number of aromatic nitrogens is 3. The minimum atomic E-state index is -0.0520. The maximum Gasteiger partial charge on any atom is 0.293 e. The minimum Gasteiger partial charge on any atom is -0.351 e. The molecule has 2 aromatic rings. The summed E-state index contributed by atoms with van der Waals surface area (Å²) in [7, 11) is 0. The predicted octanol–water partition coefficient (Wildman–Crippen LogP) is 3.81. The monoisotopic (exact) mass is 328 g/mol. The molecule has 2 aliphatic rings. The van der Waals surface area contributed by atoms with Gasteiger partial charge in [0, 0.05) is 24.7 Å². The van der Waals surface area contributed by atoms with Crippen molar-refractivity contribution in [2.45, 2.75) is 63.3 Å². The standard InChI is InChI=1S/C18H24N4O2/c23-18(17-12-15(21-24-17)13-6-2-1-3-7-13)22-11-5-4-8-16(22)14-9-10-19-20-14/h9-10,12-13,16H,1-8,11H2,(H,19,20). The van der Waals surface area contributed by atoms with Gasteiger partial charge in [0.05, 0.1) is 17.4 Å². The average Bonchev–Trinajstić information content (AvgIpc) is 3.34. The van der Waals surface area contributed by atoms with Gasteiger partial charge in [-0.1, -0.05) is 24.4 Å². The summed E-state index contributed by atoms with van der Waals surface area (Å²) in [4.78, 5) is 14.9. The molecular formula is C18H24N4O2. The normalized spacial score (nSPS) is 22.7. The summed E-state index contributed by atoms with van der Waals surface area (Å²) in [5.41, 5.74) is 1.95. The number of aromatic amines is 1. The molecule has 0 radical (unpaired) electrons. The van der Waals surface area contributed by atoms with E-state index in [4.69, 9.17) is 4.52 Å². The van der Waals surface area contributed by atoms with Gasteiger partial charge in [-0.3, -0.25) is 9.89 Å². The molecule has 24 heavy (non-hydrogen) atoms. The molecule has 1 aliphatic carbocycles. The van der Waals surface area contributed by atoms with Gasteiger partial charge in [0.2, 0.25) is 5.76 Å². The Morgan fingerprint density at radius 2 is 2.00 bits per heavy atom. The smallest absolute Gasteiger partial charge is 0.293 e. The van der Waals surface area contributed by atoms with Crippen LogP contribution in [-0.2, 0) is 0 Å². The maximum absolute atomic E-state index is 13.0. The third kappa shape index (κ3) is 2.97. The van der Waals surface area contributed by atoms with Crippen LogP contribution in [0.4, 0.5) is 0 Å². The number of carbonyl (C=O) groups is 1. The molecule has 0 aromatic carbocycles. The SMILES string of the molecule is O=C(c1cc(C2CCCCC2)no1)N1CCCCC1c1ccn[nH]1. The van der Waals surface area contributed by atoms with Gasteiger partial charge < -0.3 is 9.42 Å². The molecule has 3 heterocycles. The Morgan fingerprint density at radius 3 is 2.79 bits per heavy atom. The topological polar surface area (TPSA) is 75.0 Å². The summed E-state index contributed by atoms with van der Waals surface area (Å²) in [6.07, 6.45) is 10.9. The zero-order valence-corrected chi connectivity index (χ0v) is 13.9. The number of nitrogens with one attached hydrogen (secondary N) is 1. The van der Waals surface area contributed by atoms with Crippen molar-refractivity contribution in [3.05, 3.63) is 35.5 Å². The summed E-state index contributed by atoms with van der Waals surface area (Å²) in [6.45, 7) is 0.752. The van der Waals surface area contributed by atoms with Crippen LogP contribution in [0, 0.1) is 0 Å². The van der Waals surface area contributed by atoms with Crippen LogP contribution in [0.25, 0.3) is 0 Å². The highest BCUT2D eigenvalue weighted by Gasteiger charge is 2.32. The van der Waals surface area contributed by atoms with Gasteiger partial charge in [-0.2, -0.15) is 5.10 Å². The maximum atomic E-state index is 13.0. The van der Waals surface area contributed by atoms with Crippen molar-refractivity contribution in [2.24, 2.45) is 0 Å². The molecule has 2 aromatic heterocycles. The predicted molar refractivity (Wildman–Crippen MR) is 88.5 cm³/mol. The van der Waals surface area contributed by atoms with E-state index < -0.39 is 0 Å². The van der Waals surface area contributed by atoms with Crippen molar-refractivity contribution >= 4 is 5.91 Å². The van der Waals surface area contributed by atoms with E-state index in [1.54, 1.807) is 6.20 Å². The highest BCUT2D eigenvalue weighted by molar-refractivity contribution is 5.91. The molecule has 1 saturated carbocycles. The first kappa shape index (κ1) is 15.4. The Bertz CT molecular complexity index is 673. The Balaban J connectivity index is 1.52. The molecule has 4 rings (SSSR count). The fourth-order valence-electron chi connectivity index (χ4n) is 4.07. The Labute approximate surface area is 141 Å². The van der Waals surface area contributed by atoms with Crippen molar-refractivity contribution in [3.63, 3.8) is 0 Å². The van der Waals surface area contributed by atoms with Crippen LogP contribution < -0.4 is 0 Å². The van der Waals surface area contributed by atoms with Crippen LogP contribution >= 0.6 is 0 Å². The molecule has 1 unspecified atom stereocenters. The summed E-state index contributed by atoms with van der Waals surface area (Å²) >= 11 is 0. The zero-order chi connectivity index (χ0) is 16.4. The van der Waals surface area contributed by atoms with Gasteiger partial charge in [-0.05, 0) is 38.2 Å². The number of hydrogen-bond donors (Lipinski definition) is 1. The molecular weight excluding hydrogens is 304 g/mol. The quantitative estimate of drug-likeness (QED) is 0.929. The van der Waals surface area contributed by atoms with Crippen LogP contribution in [-0.4, -0.2) is 32.7 Å². The lowest BCUT2D eigenvalue weighted by Gasteiger charge is -2.34. The van der Waals surface area contributed by atoms with Crippen molar-refractivity contribution < 1.29 is 9.32 Å². The zero-order valence-electron chi connectivity index (χ0n) is 13.9. The van der Waals surface area contributed by atoms with Gasteiger partial charge in [0.15, 0.2) is 0 Å². The molecule has 1 atom stereocenters. The van der Waals surface area contributed by atoms with Crippen molar-refractivity contribution in [1.29, 1.82) is 0 Å². The van der Waals surface area contributed by atoms with Gasteiger partial charge in [0.1, 0.15) is 0 Å². The highest BCUT2D eigenvalue weighted by atomic mass is 16.5. The van der Waals surface area contributed by atoms with Crippen LogP contribution in [0.15, 0.2) is 22.9 Å². The minimum absolute atomic E-state index is 0.0520. The van der Waals surface area contributed by atoms with E-state index in [0.717, 1.165) is 50.0 Å². The lowest BCUT2D eigenvalue weighted by Crippen LogP contribution is -2.38. The third-order valence-electron chi connectivity index (χ3n) is 5.41. The molecule has 6 heteroatoms. The molecule has 128 valence electrons. The summed E-state index contributed by atoms with van der Waals surface area (Å²) in [5.74, 6) is 0.777. The second kappa shape index (κ2) is 6.79. The third-order valence-corrected chi connectivity index (χ3v) is 5.41. The highest BCUT2D eigenvalue weighted by Crippen LogP contribution is 2.34. The average molecular weight is 328 g/mol. The van der Waals surface area contributed by atoms with Crippen LogP contribution in [0.3, 0.4) is 0 Å². The molecule has 6 nitrogen and oxygen atoms in total. The van der Waals surface area contributed by atoms with Crippen molar-refractivity contribution in [1.82, 2.24) is 20.3 Å². The number of likely N-dealkylation sites (tertiary alicyclic amines) is 1. The largest absolute Gasteiger partial charge is 0.351 e. The van der Waals surface area contributed by atoms with E-state index in [2.05, 4.69) is 15.4 Å². The van der Waals surface area contributed by atoms with Crippen LogP contribution in [0.5, 0.6) is 0 Å².